The molecule has 3 N–H and O–H groups in total. The van der Waals surface area contributed by atoms with E-state index >= 15 is 0 Å². The highest BCUT2D eigenvalue weighted by Crippen LogP contribution is 2.18. The molecule has 0 saturated carbocycles. The molecule has 0 atom stereocenters. The lowest BCUT2D eigenvalue weighted by atomic mass is 10.1. The Hall–Kier alpha value is -2.75. The van der Waals surface area contributed by atoms with Crippen molar-refractivity contribution in [3.05, 3.63) is 65.9 Å². The SMILES string of the molecule is CCc1ccccc1NC(=O)NCCc1c[nH]c2ccccc12. The van der Waals surface area contributed by atoms with Gasteiger partial charge in [-0.05, 0) is 36.1 Å². The summed E-state index contributed by atoms with van der Waals surface area (Å²) in [7, 11) is 0. The number of hydrogen-bond donors (Lipinski definition) is 3. The summed E-state index contributed by atoms with van der Waals surface area (Å²) in [4.78, 5) is 15.3. The molecular weight excluding hydrogens is 286 g/mol. The maximum absolute atomic E-state index is 12.0. The largest absolute Gasteiger partial charge is 0.361 e. The first-order valence-electron chi connectivity index (χ1n) is 7.95. The third-order valence-electron chi connectivity index (χ3n) is 4.00. The molecule has 3 aromatic rings. The number of para-hydroxylation sites is 2. The summed E-state index contributed by atoms with van der Waals surface area (Å²) in [6, 6.07) is 15.9. The quantitative estimate of drug-likeness (QED) is 0.653. The average Bonchev–Trinajstić information content (AvgIpc) is 2.99. The molecular formula is C19H21N3O. The number of aromatic nitrogens is 1. The van der Waals surface area contributed by atoms with E-state index in [-0.39, 0.29) is 6.03 Å². The molecule has 0 radical (unpaired) electrons. The van der Waals surface area contributed by atoms with Crippen molar-refractivity contribution in [1.82, 2.24) is 10.3 Å². The fourth-order valence-electron chi connectivity index (χ4n) is 2.77. The molecule has 1 heterocycles. The van der Waals surface area contributed by atoms with E-state index in [0.717, 1.165) is 29.6 Å². The summed E-state index contributed by atoms with van der Waals surface area (Å²) in [5.74, 6) is 0. The summed E-state index contributed by atoms with van der Waals surface area (Å²) < 4.78 is 0. The zero-order valence-electron chi connectivity index (χ0n) is 13.2. The molecule has 0 unspecified atom stereocenters. The summed E-state index contributed by atoms with van der Waals surface area (Å²) in [5, 5.41) is 7.06. The zero-order valence-corrected chi connectivity index (χ0v) is 13.2. The molecule has 23 heavy (non-hydrogen) atoms. The maximum atomic E-state index is 12.0. The average molecular weight is 307 g/mol. The molecule has 2 amide bonds. The number of H-pyrrole nitrogens is 1. The minimum atomic E-state index is -0.161. The lowest BCUT2D eigenvalue weighted by Gasteiger charge is -2.10. The minimum absolute atomic E-state index is 0.161. The lowest BCUT2D eigenvalue weighted by molar-refractivity contribution is 0.252. The molecule has 0 bridgehead atoms. The Kier molecular flexibility index (Phi) is 4.62. The van der Waals surface area contributed by atoms with Gasteiger partial charge in [0.1, 0.15) is 0 Å². The summed E-state index contributed by atoms with van der Waals surface area (Å²) >= 11 is 0. The van der Waals surface area contributed by atoms with E-state index < -0.39 is 0 Å². The van der Waals surface area contributed by atoms with Crippen molar-refractivity contribution in [2.75, 3.05) is 11.9 Å². The van der Waals surface area contributed by atoms with E-state index in [1.54, 1.807) is 0 Å². The number of fused-ring (bicyclic) bond motifs is 1. The Balaban J connectivity index is 1.55. The summed E-state index contributed by atoms with van der Waals surface area (Å²) in [6.07, 6.45) is 3.70. The van der Waals surface area contributed by atoms with Crippen LogP contribution in [0.1, 0.15) is 18.1 Å². The highest BCUT2D eigenvalue weighted by atomic mass is 16.2. The Labute approximate surface area is 135 Å². The number of aryl methyl sites for hydroxylation is 1. The van der Waals surface area contributed by atoms with Crippen molar-refractivity contribution in [1.29, 1.82) is 0 Å². The molecule has 118 valence electrons. The Bertz CT molecular complexity index is 807. The fraction of sp³-hybridized carbons (Fsp3) is 0.211. The fourth-order valence-corrected chi connectivity index (χ4v) is 2.77. The van der Waals surface area contributed by atoms with E-state index in [4.69, 9.17) is 0 Å². The van der Waals surface area contributed by atoms with E-state index in [0.29, 0.717) is 6.54 Å². The molecule has 0 spiro atoms. The zero-order chi connectivity index (χ0) is 16.1. The second-order valence-electron chi connectivity index (χ2n) is 5.50. The Morgan fingerprint density at radius 1 is 1.04 bits per heavy atom. The van der Waals surface area contributed by atoms with Gasteiger partial charge in [0.05, 0.1) is 0 Å². The lowest BCUT2D eigenvalue weighted by Crippen LogP contribution is -2.30. The summed E-state index contributed by atoms with van der Waals surface area (Å²) in [5.41, 5.74) is 4.36. The van der Waals surface area contributed by atoms with Crippen LogP contribution >= 0.6 is 0 Å². The third kappa shape index (κ3) is 3.54. The number of hydrogen-bond acceptors (Lipinski definition) is 1. The number of carbonyl (C=O) groups excluding carboxylic acids is 1. The highest BCUT2D eigenvalue weighted by molar-refractivity contribution is 5.90. The predicted octanol–water partition coefficient (Wildman–Crippen LogP) is 4.09. The van der Waals surface area contributed by atoms with Gasteiger partial charge in [0.2, 0.25) is 0 Å². The van der Waals surface area contributed by atoms with Crippen LogP contribution in [0, 0.1) is 0 Å². The van der Waals surface area contributed by atoms with Crippen LogP contribution in [0.3, 0.4) is 0 Å². The van der Waals surface area contributed by atoms with Gasteiger partial charge < -0.3 is 15.6 Å². The van der Waals surface area contributed by atoms with Gasteiger partial charge in [0, 0.05) is 29.3 Å². The van der Waals surface area contributed by atoms with Gasteiger partial charge in [-0.1, -0.05) is 43.3 Å². The van der Waals surface area contributed by atoms with E-state index in [2.05, 4.69) is 34.7 Å². The maximum Gasteiger partial charge on any atom is 0.319 e. The number of carbonyl (C=O) groups is 1. The van der Waals surface area contributed by atoms with Crippen LogP contribution in [-0.2, 0) is 12.8 Å². The van der Waals surface area contributed by atoms with Crippen LogP contribution in [-0.4, -0.2) is 17.6 Å². The second-order valence-corrected chi connectivity index (χ2v) is 5.50. The van der Waals surface area contributed by atoms with Crippen molar-refractivity contribution in [2.24, 2.45) is 0 Å². The molecule has 0 aliphatic heterocycles. The van der Waals surface area contributed by atoms with Crippen LogP contribution < -0.4 is 10.6 Å². The molecule has 0 saturated heterocycles. The number of nitrogens with one attached hydrogen (secondary N) is 3. The molecule has 0 aliphatic carbocycles. The van der Waals surface area contributed by atoms with Gasteiger partial charge in [-0.15, -0.1) is 0 Å². The second kappa shape index (κ2) is 7.01. The molecule has 3 rings (SSSR count). The van der Waals surface area contributed by atoms with E-state index in [9.17, 15) is 4.79 Å². The Morgan fingerprint density at radius 2 is 1.83 bits per heavy atom. The number of aromatic amines is 1. The van der Waals surface area contributed by atoms with Crippen LogP contribution in [0.4, 0.5) is 10.5 Å². The van der Waals surface area contributed by atoms with Crippen LogP contribution in [0.25, 0.3) is 10.9 Å². The topological polar surface area (TPSA) is 56.9 Å². The molecule has 4 heteroatoms. The first-order valence-corrected chi connectivity index (χ1v) is 7.95. The first kappa shape index (κ1) is 15.2. The number of rotatable bonds is 5. The molecule has 4 nitrogen and oxygen atoms in total. The van der Waals surface area contributed by atoms with Crippen LogP contribution in [0.2, 0.25) is 0 Å². The highest BCUT2D eigenvalue weighted by Gasteiger charge is 2.06. The van der Waals surface area contributed by atoms with Crippen molar-refractivity contribution in [2.45, 2.75) is 19.8 Å². The van der Waals surface area contributed by atoms with Gasteiger partial charge in [0.15, 0.2) is 0 Å². The standard InChI is InChI=1S/C19H21N3O/c1-2-14-7-3-5-9-17(14)22-19(23)20-12-11-15-13-21-18-10-6-4-8-16(15)18/h3-10,13,21H,2,11-12H2,1H3,(H2,20,22,23). The normalized spacial score (nSPS) is 10.7. The summed E-state index contributed by atoms with van der Waals surface area (Å²) in [6.45, 7) is 2.68. The number of amides is 2. The van der Waals surface area contributed by atoms with Gasteiger partial charge >= 0.3 is 6.03 Å². The van der Waals surface area contributed by atoms with Crippen molar-refractivity contribution in [3.8, 4) is 0 Å². The van der Waals surface area contributed by atoms with Crippen molar-refractivity contribution in [3.63, 3.8) is 0 Å². The van der Waals surface area contributed by atoms with Crippen molar-refractivity contribution < 1.29 is 4.79 Å². The third-order valence-corrected chi connectivity index (χ3v) is 4.00. The van der Waals surface area contributed by atoms with Crippen LogP contribution in [0.15, 0.2) is 54.7 Å². The van der Waals surface area contributed by atoms with Gasteiger partial charge in [-0.2, -0.15) is 0 Å². The molecule has 1 aromatic heterocycles. The van der Waals surface area contributed by atoms with Crippen LogP contribution in [0.5, 0.6) is 0 Å². The monoisotopic (exact) mass is 307 g/mol. The van der Waals surface area contributed by atoms with E-state index in [1.807, 2.05) is 42.6 Å². The molecule has 0 aliphatic rings. The minimum Gasteiger partial charge on any atom is -0.361 e. The number of urea groups is 1. The van der Waals surface area contributed by atoms with Gasteiger partial charge in [0.25, 0.3) is 0 Å². The van der Waals surface area contributed by atoms with Gasteiger partial charge in [-0.25, -0.2) is 4.79 Å². The number of anilines is 1. The predicted molar refractivity (Wildman–Crippen MR) is 94.8 cm³/mol. The molecule has 2 aromatic carbocycles. The van der Waals surface area contributed by atoms with Gasteiger partial charge in [-0.3, -0.25) is 0 Å². The van der Waals surface area contributed by atoms with Crippen molar-refractivity contribution >= 4 is 22.6 Å². The number of benzene rings is 2. The first-order chi connectivity index (χ1) is 11.3. The smallest absolute Gasteiger partial charge is 0.319 e. The molecule has 0 fully saturated rings. The Morgan fingerprint density at radius 3 is 2.70 bits per heavy atom. The van der Waals surface area contributed by atoms with E-state index in [1.165, 1.54) is 10.9 Å².